The molecule has 1 atom stereocenters. The molecule has 1 unspecified atom stereocenters. The van der Waals surface area contributed by atoms with Crippen molar-refractivity contribution in [3.05, 3.63) is 113 Å². The van der Waals surface area contributed by atoms with Crippen LogP contribution in [0.4, 0.5) is 10.1 Å². The van der Waals surface area contributed by atoms with Crippen molar-refractivity contribution in [1.82, 2.24) is 14.5 Å². The van der Waals surface area contributed by atoms with Crippen LogP contribution in [-0.4, -0.2) is 45.4 Å². The normalized spacial score (nSPS) is 14.4. The second kappa shape index (κ2) is 12.5. The summed E-state index contributed by atoms with van der Waals surface area (Å²) in [6.07, 6.45) is 2.44. The number of pyridine rings is 1. The molecule has 0 amide bonds. The molecule has 1 aliphatic heterocycles. The lowest BCUT2D eigenvalue weighted by molar-refractivity contribution is 0.0697. The molecule has 10 heteroatoms. The first kappa shape index (κ1) is 28.8. The highest BCUT2D eigenvalue weighted by molar-refractivity contribution is 5.92. The molecule has 3 aromatic carbocycles. The summed E-state index contributed by atoms with van der Waals surface area (Å²) in [6, 6.07) is 20.4. The van der Waals surface area contributed by atoms with Gasteiger partial charge in [-0.1, -0.05) is 30.3 Å². The van der Waals surface area contributed by atoms with Gasteiger partial charge in [0.05, 0.1) is 48.6 Å². The second-order valence-corrected chi connectivity index (χ2v) is 10.5. The number of carbonyl (C=O) groups is 1. The zero-order valence-electron chi connectivity index (χ0n) is 24.0. The van der Waals surface area contributed by atoms with Gasteiger partial charge in [-0.2, -0.15) is 0 Å². The lowest BCUT2D eigenvalue weighted by Gasteiger charge is -2.16. The van der Waals surface area contributed by atoms with Crippen LogP contribution < -0.4 is 9.47 Å². The van der Waals surface area contributed by atoms with Crippen molar-refractivity contribution in [3.63, 3.8) is 0 Å². The topological polar surface area (TPSA) is 100 Å². The molecule has 9 nitrogen and oxygen atoms in total. The fraction of sp³-hybridized carbons (Fsp3) is 0.235. The average molecular weight is 593 g/mol. The van der Waals surface area contributed by atoms with E-state index in [1.54, 1.807) is 37.4 Å². The van der Waals surface area contributed by atoms with Crippen molar-refractivity contribution in [2.75, 3.05) is 13.7 Å². The van der Waals surface area contributed by atoms with E-state index in [0.29, 0.717) is 35.9 Å². The van der Waals surface area contributed by atoms with Crippen LogP contribution in [0.15, 0.2) is 72.8 Å². The van der Waals surface area contributed by atoms with E-state index in [4.69, 9.17) is 25.8 Å². The van der Waals surface area contributed by atoms with Gasteiger partial charge in [0, 0.05) is 35.8 Å². The standard InChI is InChI=1S/C34H29FN4O5/c1-36-25-12-10-24(27(35)18-25)20-44-33-7-3-6-28(38-33)21-8-9-22(31(16-21)42-2)17-32-37-29-13-11-23(34(40)41)15-30(29)39(32)19-26-5-4-14-43-26/h3,6-13,15-16,18,26H,4-5,14,17,19-20H2,2H3,(H,40,41). The first-order valence-corrected chi connectivity index (χ1v) is 14.2. The number of hydrogen-bond donors (Lipinski definition) is 1. The van der Waals surface area contributed by atoms with Crippen LogP contribution >= 0.6 is 0 Å². The molecule has 3 heterocycles. The van der Waals surface area contributed by atoms with Gasteiger partial charge in [0.2, 0.25) is 5.88 Å². The lowest BCUT2D eigenvalue weighted by Crippen LogP contribution is -2.17. The van der Waals surface area contributed by atoms with Crippen molar-refractivity contribution in [2.24, 2.45) is 0 Å². The number of fused-ring (bicyclic) bond motifs is 1. The zero-order valence-corrected chi connectivity index (χ0v) is 24.0. The predicted octanol–water partition coefficient (Wildman–Crippen LogP) is 6.84. The summed E-state index contributed by atoms with van der Waals surface area (Å²) < 4.78 is 33.8. The van der Waals surface area contributed by atoms with Gasteiger partial charge in [0.25, 0.3) is 0 Å². The molecule has 0 radical (unpaired) electrons. The van der Waals surface area contributed by atoms with E-state index in [-0.39, 0.29) is 24.0 Å². The molecule has 1 saturated heterocycles. The first-order valence-electron chi connectivity index (χ1n) is 14.2. The number of methoxy groups -OCH3 is 1. The van der Waals surface area contributed by atoms with Crippen LogP contribution in [0.2, 0.25) is 0 Å². The lowest BCUT2D eigenvalue weighted by atomic mass is 10.0. The number of rotatable bonds is 10. The van der Waals surface area contributed by atoms with Crippen LogP contribution in [-0.2, 0) is 24.3 Å². The summed E-state index contributed by atoms with van der Waals surface area (Å²) >= 11 is 0. The van der Waals surface area contributed by atoms with E-state index in [9.17, 15) is 14.3 Å². The Bertz CT molecular complexity index is 1890. The molecule has 6 rings (SSSR count). The van der Waals surface area contributed by atoms with Crippen molar-refractivity contribution in [3.8, 4) is 22.9 Å². The Morgan fingerprint density at radius 1 is 1.11 bits per heavy atom. The van der Waals surface area contributed by atoms with Gasteiger partial charge < -0.3 is 23.9 Å². The third-order valence-corrected chi connectivity index (χ3v) is 7.68. The summed E-state index contributed by atoms with van der Waals surface area (Å²) in [5.74, 6) is 0.291. The molecule has 1 N–H and O–H groups in total. The summed E-state index contributed by atoms with van der Waals surface area (Å²) in [5, 5.41) is 9.57. The quantitative estimate of drug-likeness (QED) is 0.177. The molecular formula is C34H29FN4O5. The Hall–Kier alpha value is -5.27. The van der Waals surface area contributed by atoms with Gasteiger partial charge in [0.1, 0.15) is 24.0 Å². The second-order valence-electron chi connectivity index (χ2n) is 10.5. The molecule has 0 spiro atoms. The van der Waals surface area contributed by atoms with Crippen molar-refractivity contribution < 1.29 is 28.5 Å². The molecule has 0 aliphatic carbocycles. The number of ether oxygens (including phenoxy) is 3. The van der Waals surface area contributed by atoms with Gasteiger partial charge in [-0.25, -0.2) is 24.0 Å². The molecule has 5 aromatic rings. The Labute approximate surface area is 253 Å². The maximum Gasteiger partial charge on any atom is 0.335 e. The highest BCUT2D eigenvalue weighted by Gasteiger charge is 2.22. The number of aromatic nitrogens is 3. The number of halogens is 1. The summed E-state index contributed by atoms with van der Waals surface area (Å²) in [5.41, 5.74) is 4.63. The van der Waals surface area contributed by atoms with E-state index in [2.05, 4.69) is 14.4 Å². The Morgan fingerprint density at radius 3 is 2.73 bits per heavy atom. The minimum absolute atomic E-state index is 0.0241. The Morgan fingerprint density at radius 2 is 1.98 bits per heavy atom. The zero-order chi connectivity index (χ0) is 30.6. The third kappa shape index (κ3) is 6.09. The number of imidazole rings is 1. The van der Waals surface area contributed by atoms with Gasteiger partial charge >= 0.3 is 5.97 Å². The van der Waals surface area contributed by atoms with Crippen molar-refractivity contribution >= 4 is 22.7 Å². The van der Waals surface area contributed by atoms with E-state index >= 15 is 0 Å². The molecule has 0 saturated carbocycles. The number of carboxylic acids is 1. The highest BCUT2D eigenvalue weighted by Crippen LogP contribution is 2.31. The predicted molar refractivity (Wildman–Crippen MR) is 162 cm³/mol. The Balaban J connectivity index is 1.26. The molecule has 1 aliphatic rings. The Kier molecular flexibility index (Phi) is 8.21. The molecule has 1 fully saturated rings. The number of benzene rings is 3. The fourth-order valence-electron chi connectivity index (χ4n) is 5.39. The maximum absolute atomic E-state index is 14.3. The van der Waals surface area contributed by atoms with Crippen LogP contribution in [0.1, 0.15) is 40.2 Å². The van der Waals surface area contributed by atoms with Gasteiger partial charge in [-0.15, -0.1) is 0 Å². The molecule has 0 bridgehead atoms. The molecule has 2 aromatic heterocycles. The van der Waals surface area contributed by atoms with Crippen LogP contribution in [0.3, 0.4) is 0 Å². The van der Waals surface area contributed by atoms with E-state index in [0.717, 1.165) is 47.4 Å². The summed E-state index contributed by atoms with van der Waals surface area (Å²) in [7, 11) is 1.61. The first-order chi connectivity index (χ1) is 21.4. The van der Waals surface area contributed by atoms with Crippen LogP contribution in [0, 0.1) is 12.4 Å². The van der Waals surface area contributed by atoms with E-state index < -0.39 is 11.8 Å². The average Bonchev–Trinajstić information content (AvgIpc) is 3.68. The molecule has 222 valence electrons. The fourth-order valence-corrected chi connectivity index (χ4v) is 5.39. The maximum atomic E-state index is 14.3. The smallest absolute Gasteiger partial charge is 0.335 e. The summed E-state index contributed by atoms with van der Waals surface area (Å²) in [4.78, 5) is 24.4. The van der Waals surface area contributed by atoms with Gasteiger partial charge in [-0.05, 0) is 49.2 Å². The van der Waals surface area contributed by atoms with E-state index in [1.165, 1.54) is 12.1 Å². The minimum atomic E-state index is -0.985. The monoisotopic (exact) mass is 592 g/mol. The minimum Gasteiger partial charge on any atom is -0.496 e. The number of aromatic carboxylic acids is 1. The SMILES string of the molecule is [C-]#[N+]c1ccc(COc2cccc(-c3ccc(Cc4nc5ccc(C(=O)O)cc5n4CC4CCCO4)c(OC)c3)n2)c(F)c1. The van der Waals surface area contributed by atoms with Crippen molar-refractivity contribution in [2.45, 2.75) is 38.5 Å². The highest BCUT2D eigenvalue weighted by atomic mass is 19.1. The van der Waals surface area contributed by atoms with Crippen LogP contribution in [0.5, 0.6) is 11.6 Å². The third-order valence-electron chi connectivity index (χ3n) is 7.68. The number of nitrogens with zero attached hydrogens (tertiary/aromatic N) is 4. The van der Waals surface area contributed by atoms with Gasteiger partial charge in [-0.3, -0.25) is 0 Å². The van der Waals surface area contributed by atoms with Crippen LogP contribution in [0.25, 0.3) is 27.1 Å². The van der Waals surface area contributed by atoms with E-state index in [1.807, 2.05) is 30.3 Å². The number of hydrogen-bond acceptors (Lipinski definition) is 6. The summed E-state index contributed by atoms with van der Waals surface area (Å²) in [6.45, 7) is 8.30. The molecule has 44 heavy (non-hydrogen) atoms. The number of carboxylic acid groups (broad SMARTS) is 1. The molecular weight excluding hydrogens is 563 g/mol. The van der Waals surface area contributed by atoms with Gasteiger partial charge in [0.15, 0.2) is 5.69 Å². The van der Waals surface area contributed by atoms with Crippen molar-refractivity contribution in [1.29, 1.82) is 0 Å². The largest absolute Gasteiger partial charge is 0.496 e.